The fraction of sp³-hybridized carbons (Fsp3) is 0.100. The van der Waals surface area contributed by atoms with E-state index in [9.17, 15) is 9.59 Å². The van der Waals surface area contributed by atoms with Crippen LogP contribution in [0.4, 0.5) is 5.69 Å². The number of fused-ring (bicyclic) bond motifs is 1. The van der Waals surface area contributed by atoms with Crippen LogP contribution in [0.1, 0.15) is 27.6 Å². The van der Waals surface area contributed by atoms with Crippen LogP contribution in [0.25, 0.3) is 10.8 Å². The van der Waals surface area contributed by atoms with Gasteiger partial charge < -0.3 is 10.1 Å². The van der Waals surface area contributed by atoms with E-state index in [1.165, 1.54) is 0 Å². The van der Waals surface area contributed by atoms with Crippen LogP contribution in [0.15, 0.2) is 66.7 Å². The van der Waals surface area contributed by atoms with E-state index in [1.54, 1.807) is 37.3 Å². The maximum absolute atomic E-state index is 12.5. The van der Waals surface area contributed by atoms with E-state index in [2.05, 4.69) is 5.32 Å². The molecule has 0 aliphatic heterocycles. The number of amides is 1. The second-order valence-corrected chi connectivity index (χ2v) is 5.28. The molecule has 0 atom stereocenters. The number of carbonyl (C=O) groups is 2. The van der Waals surface area contributed by atoms with Gasteiger partial charge in [-0.1, -0.05) is 42.5 Å². The third kappa shape index (κ3) is 3.27. The van der Waals surface area contributed by atoms with Gasteiger partial charge in [0.1, 0.15) is 0 Å². The number of carbonyl (C=O) groups excluding carboxylic acids is 2. The Balaban J connectivity index is 1.87. The Bertz CT molecular complexity index is 902. The number of nitrogens with one attached hydrogen (secondary N) is 1. The number of rotatable bonds is 4. The van der Waals surface area contributed by atoms with Crippen LogP contribution >= 0.6 is 0 Å². The molecule has 0 spiro atoms. The van der Waals surface area contributed by atoms with Gasteiger partial charge in [-0.05, 0) is 42.0 Å². The van der Waals surface area contributed by atoms with E-state index in [0.29, 0.717) is 16.8 Å². The molecule has 0 bridgehead atoms. The molecule has 3 aromatic carbocycles. The molecule has 0 fully saturated rings. The normalized spacial score (nSPS) is 10.4. The molecule has 0 unspecified atom stereocenters. The first-order valence-electron chi connectivity index (χ1n) is 7.75. The minimum Gasteiger partial charge on any atom is -0.462 e. The average molecular weight is 319 g/mol. The smallest absolute Gasteiger partial charge is 0.340 e. The zero-order valence-corrected chi connectivity index (χ0v) is 13.3. The SMILES string of the molecule is CCOC(=O)c1ccccc1NC(=O)c1ccc2ccccc2c1. The minimum absolute atomic E-state index is 0.266. The lowest BCUT2D eigenvalue weighted by Crippen LogP contribution is -2.15. The number of hydrogen-bond donors (Lipinski definition) is 1. The molecule has 0 aromatic heterocycles. The molecule has 4 heteroatoms. The first-order chi connectivity index (χ1) is 11.7. The summed E-state index contributed by atoms with van der Waals surface area (Å²) in [7, 11) is 0. The molecule has 4 nitrogen and oxygen atoms in total. The van der Waals surface area contributed by atoms with Gasteiger partial charge in [-0.15, -0.1) is 0 Å². The molecule has 0 aliphatic rings. The Morgan fingerprint density at radius 2 is 1.62 bits per heavy atom. The van der Waals surface area contributed by atoms with E-state index >= 15 is 0 Å². The lowest BCUT2D eigenvalue weighted by atomic mass is 10.1. The molecule has 120 valence electrons. The van der Waals surface area contributed by atoms with Crippen molar-refractivity contribution in [2.24, 2.45) is 0 Å². The van der Waals surface area contributed by atoms with Gasteiger partial charge >= 0.3 is 5.97 Å². The van der Waals surface area contributed by atoms with E-state index in [1.807, 2.05) is 36.4 Å². The second kappa shape index (κ2) is 6.96. The highest BCUT2D eigenvalue weighted by atomic mass is 16.5. The van der Waals surface area contributed by atoms with Crippen LogP contribution < -0.4 is 5.32 Å². The minimum atomic E-state index is -0.452. The highest BCUT2D eigenvalue weighted by Crippen LogP contribution is 2.20. The van der Waals surface area contributed by atoms with Gasteiger partial charge in [-0.2, -0.15) is 0 Å². The summed E-state index contributed by atoms with van der Waals surface area (Å²) < 4.78 is 5.02. The largest absolute Gasteiger partial charge is 0.462 e. The van der Waals surface area contributed by atoms with Gasteiger partial charge in [0, 0.05) is 5.56 Å². The lowest BCUT2D eigenvalue weighted by molar-refractivity contribution is 0.0527. The number of hydrogen-bond acceptors (Lipinski definition) is 3. The molecule has 1 amide bonds. The predicted octanol–water partition coefficient (Wildman–Crippen LogP) is 4.27. The Morgan fingerprint density at radius 3 is 2.42 bits per heavy atom. The van der Waals surface area contributed by atoms with Crippen LogP contribution in [0, 0.1) is 0 Å². The molecule has 3 rings (SSSR count). The van der Waals surface area contributed by atoms with Crippen molar-refractivity contribution in [3.63, 3.8) is 0 Å². The van der Waals surface area contributed by atoms with Crippen LogP contribution in [0.5, 0.6) is 0 Å². The van der Waals surface area contributed by atoms with Gasteiger partial charge in [-0.25, -0.2) is 4.79 Å². The van der Waals surface area contributed by atoms with Crippen LogP contribution in [-0.2, 0) is 4.74 Å². The van der Waals surface area contributed by atoms with Crippen LogP contribution in [0.3, 0.4) is 0 Å². The Kier molecular flexibility index (Phi) is 4.57. The summed E-state index contributed by atoms with van der Waals surface area (Å²) in [6.45, 7) is 2.03. The summed E-state index contributed by atoms with van der Waals surface area (Å²) in [5.41, 5.74) is 1.31. The van der Waals surface area contributed by atoms with Crippen molar-refractivity contribution in [2.75, 3.05) is 11.9 Å². The summed E-state index contributed by atoms with van der Waals surface area (Å²) in [5, 5.41) is 4.85. The summed E-state index contributed by atoms with van der Waals surface area (Å²) in [4.78, 5) is 24.5. The van der Waals surface area contributed by atoms with Gasteiger partial charge in [0.25, 0.3) is 5.91 Å². The molecule has 0 heterocycles. The van der Waals surface area contributed by atoms with Gasteiger partial charge in [0.2, 0.25) is 0 Å². The fourth-order valence-electron chi connectivity index (χ4n) is 2.50. The summed E-state index contributed by atoms with van der Waals surface area (Å²) in [6, 6.07) is 20.2. The molecular formula is C20H17NO3. The zero-order valence-electron chi connectivity index (χ0n) is 13.3. The van der Waals surface area contributed by atoms with Gasteiger partial charge in [0.05, 0.1) is 17.9 Å². The highest BCUT2D eigenvalue weighted by Gasteiger charge is 2.15. The quantitative estimate of drug-likeness (QED) is 0.731. The number of esters is 1. The van der Waals surface area contributed by atoms with Crippen molar-refractivity contribution >= 4 is 28.3 Å². The van der Waals surface area contributed by atoms with E-state index in [-0.39, 0.29) is 12.5 Å². The maximum Gasteiger partial charge on any atom is 0.340 e. The van der Waals surface area contributed by atoms with E-state index in [0.717, 1.165) is 10.8 Å². The Morgan fingerprint density at radius 1 is 0.917 bits per heavy atom. The average Bonchev–Trinajstić information content (AvgIpc) is 2.62. The van der Waals surface area contributed by atoms with Crippen molar-refractivity contribution in [1.29, 1.82) is 0 Å². The third-order valence-corrected chi connectivity index (χ3v) is 3.68. The third-order valence-electron chi connectivity index (χ3n) is 3.68. The molecule has 0 saturated heterocycles. The highest BCUT2D eigenvalue weighted by molar-refractivity contribution is 6.09. The summed E-state index contributed by atoms with van der Waals surface area (Å²) in [5.74, 6) is -0.718. The van der Waals surface area contributed by atoms with E-state index < -0.39 is 5.97 Å². The molecule has 3 aromatic rings. The number of anilines is 1. The number of benzene rings is 3. The van der Waals surface area contributed by atoms with Crippen molar-refractivity contribution in [3.8, 4) is 0 Å². The monoisotopic (exact) mass is 319 g/mol. The van der Waals surface area contributed by atoms with Crippen molar-refractivity contribution in [3.05, 3.63) is 77.9 Å². The maximum atomic E-state index is 12.5. The number of para-hydroxylation sites is 1. The molecule has 0 radical (unpaired) electrons. The van der Waals surface area contributed by atoms with E-state index in [4.69, 9.17) is 4.74 Å². The van der Waals surface area contributed by atoms with Crippen molar-refractivity contribution in [2.45, 2.75) is 6.92 Å². The van der Waals surface area contributed by atoms with Gasteiger partial charge in [0.15, 0.2) is 0 Å². The molecular weight excluding hydrogens is 302 g/mol. The topological polar surface area (TPSA) is 55.4 Å². The predicted molar refractivity (Wildman–Crippen MR) is 94.3 cm³/mol. The van der Waals surface area contributed by atoms with Crippen molar-refractivity contribution < 1.29 is 14.3 Å². The zero-order chi connectivity index (χ0) is 16.9. The Labute approximate surface area is 140 Å². The lowest BCUT2D eigenvalue weighted by Gasteiger charge is -2.10. The standard InChI is InChI=1S/C20H17NO3/c1-2-24-20(23)17-9-5-6-10-18(17)21-19(22)16-12-11-14-7-3-4-8-15(14)13-16/h3-13H,2H2,1H3,(H,21,22). The number of ether oxygens (including phenoxy) is 1. The molecule has 24 heavy (non-hydrogen) atoms. The first-order valence-corrected chi connectivity index (χ1v) is 7.75. The van der Waals surface area contributed by atoms with Crippen LogP contribution in [0.2, 0.25) is 0 Å². The van der Waals surface area contributed by atoms with Crippen LogP contribution in [-0.4, -0.2) is 18.5 Å². The summed E-state index contributed by atoms with van der Waals surface area (Å²) >= 11 is 0. The fourth-order valence-corrected chi connectivity index (χ4v) is 2.50. The molecule has 0 saturated carbocycles. The second-order valence-electron chi connectivity index (χ2n) is 5.28. The summed E-state index contributed by atoms with van der Waals surface area (Å²) in [6.07, 6.45) is 0. The molecule has 0 aliphatic carbocycles. The van der Waals surface area contributed by atoms with Crippen molar-refractivity contribution in [1.82, 2.24) is 0 Å². The van der Waals surface area contributed by atoms with Gasteiger partial charge in [-0.3, -0.25) is 4.79 Å². The molecule has 1 N–H and O–H groups in total. The Hall–Kier alpha value is -3.14. The first kappa shape index (κ1) is 15.7.